The lowest BCUT2D eigenvalue weighted by atomic mass is 9.73. The number of carbonyl (C=O) groups excluding carboxylic acids is 3. The Balaban J connectivity index is 2.91. The van der Waals surface area contributed by atoms with E-state index in [9.17, 15) is 14.4 Å². The van der Waals surface area contributed by atoms with E-state index in [0.29, 0.717) is 6.54 Å². The topological polar surface area (TPSA) is 63.7 Å². The number of hydrogen-bond acceptors (Lipinski definition) is 5. The van der Waals surface area contributed by atoms with Gasteiger partial charge in [0.05, 0.1) is 13.0 Å². The van der Waals surface area contributed by atoms with Gasteiger partial charge in [0.25, 0.3) is 0 Å². The van der Waals surface area contributed by atoms with Crippen LogP contribution in [0.3, 0.4) is 0 Å². The molecule has 1 saturated carbocycles. The van der Waals surface area contributed by atoms with Crippen molar-refractivity contribution in [2.24, 2.45) is 17.8 Å². The van der Waals surface area contributed by atoms with Gasteiger partial charge in [0.15, 0.2) is 5.78 Å². The zero-order chi connectivity index (χ0) is 13.2. The van der Waals surface area contributed by atoms with Crippen LogP contribution >= 0.6 is 0 Å². The molecule has 0 aromatic carbocycles. The number of Topliss-reactive ketones (excluding diaryl/α,β-unsaturated/α-hetero) is 2. The molecule has 0 amide bonds. The zero-order valence-electron chi connectivity index (χ0n) is 10.7. The zero-order valence-corrected chi connectivity index (χ0v) is 10.7. The van der Waals surface area contributed by atoms with Gasteiger partial charge in [-0.25, -0.2) is 0 Å². The monoisotopic (exact) mass is 241 g/mol. The van der Waals surface area contributed by atoms with E-state index in [1.165, 1.54) is 7.11 Å². The molecule has 0 aromatic rings. The van der Waals surface area contributed by atoms with Crippen molar-refractivity contribution in [1.29, 1.82) is 0 Å². The fourth-order valence-electron chi connectivity index (χ4n) is 2.27. The molecule has 0 saturated heterocycles. The molecule has 0 spiro atoms. The molecule has 0 aliphatic heterocycles. The van der Waals surface area contributed by atoms with E-state index in [1.807, 2.05) is 0 Å². The van der Waals surface area contributed by atoms with E-state index in [1.54, 1.807) is 25.9 Å². The summed E-state index contributed by atoms with van der Waals surface area (Å²) in [7, 11) is 4.86. The van der Waals surface area contributed by atoms with Gasteiger partial charge in [-0.2, -0.15) is 0 Å². The minimum Gasteiger partial charge on any atom is -0.468 e. The fraction of sp³-hybridized carbons (Fsp3) is 0.750. The van der Waals surface area contributed by atoms with Gasteiger partial charge in [0.1, 0.15) is 11.7 Å². The first-order valence-corrected chi connectivity index (χ1v) is 5.67. The molecule has 0 bridgehead atoms. The number of esters is 1. The van der Waals surface area contributed by atoms with Crippen LogP contribution in [0.5, 0.6) is 0 Å². The Morgan fingerprint density at radius 3 is 2.47 bits per heavy atom. The Labute approximate surface area is 101 Å². The highest BCUT2D eigenvalue weighted by Gasteiger charge is 2.45. The summed E-state index contributed by atoms with van der Waals surface area (Å²) in [5.41, 5.74) is 0. The molecule has 1 aliphatic rings. The molecule has 1 aliphatic carbocycles. The van der Waals surface area contributed by atoms with Gasteiger partial charge >= 0.3 is 5.97 Å². The molecule has 5 nitrogen and oxygen atoms in total. The standard InChI is InChI=1S/C12H19NO4/c1-7-5-9(14)8(6-13(2)3)11(15)10(7)12(16)17-4/h7-8,10H,5-6H2,1-4H3/t7-,8+,10+/m0/s1. The molecule has 1 rings (SSSR count). The number of carbonyl (C=O) groups is 3. The smallest absolute Gasteiger partial charge is 0.316 e. The molecule has 0 radical (unpaired) electrons. The van der Waals surface area contributed by atoms with Gasteiger partial charge in [0, 0.05) is 13.0 Å². The van der Waals surface area contributed by atoms with Crippen molar-refractivity contribution in [3.63, 3.8) is 0 Å². The predicted molar refractivity (Wildman–Crippen MR) is 61.3 cm³/mol. The summed E-state index contributed by atoms with van der Waals surface area (Å²) in [5.74, 6) is -2.64. The predicted octanol–water partition coefficient (Wildman–Crippen LogP) is 0.131. The van der Waals surface area contributed by atoms with Crippen LogP contribution in [0.2, 0.25) is 0 Å². The number of ketones is 2. The molecular weight excluding hydrogens is 222 g/mol. The van der Waals surface area contributed by atoms with Crippen LogP contribution in [0.4, 0.5) is 0 Å². The van der Waals surface area contributed by atoms with Crippen molar-refractivity contribution >= 4 is 17.5 Å². The summed E-state index contributed by atoms with van der Waals surface area (Å²) < 4.78 is 4.63. The lowest BCUT2D eigenvalue weighted by molar-refractivity contribution is -0.156. The van der Waals surface area contributed by atoms with Crippen molar-refractivity contribution in [2.45, 2.75) is 13.3 Å². The second-order valence-corrected chi connectivity index (χ2v) is 4.87. The molecule has 96 valence electrons. The highest BCUT2D eigenvalue weighted by Crippen LogP contribution is 2.29. The van der Waals surface area contributed by atoms with Crippen LogP contribution < -0.4 is 0 Å². The van der Waals surface area contributed by atoms with E-state index in [-0.39, 0.29) is 23.9 Å². The Hall–Kier alpha value is -1.23. The van der Waals surface area contributed by atoms with E-state index < -0.39 is 17.8 Å². The minimum atomic E-state index is -0.789. The Bertz CT molecular complexity index is 337. The Morgan fingerprint density at radius 1 is 1.41 bits per heavy atom. The summed E-state index contributed by atoms with van der Waals surface area (Å²) in [6.45, 7) is 2.10. The average molecular weight is 241 g/mol. The quantitative estimate of drug-likeness (QED) is 0.519. The van der Waals surface area contributed by atoms with Crippen LogP contribution in [-0.4, -0.2) is 50.2 Å². The second-order valence-electron chi connectivity index (χ2n) is 4.87. The van der Waals surface area contributed by atoms with Gasteiger partial charge in [-0.05, 0) is 20.0 Å². The summed E-state index contributed by atoms with van der Waals surface area (Å²) in [6, 6.07) is 0. The second kappa shape index (κ2) is 5.40. The van der Waals surface area contributed by atoms with E-state index in [2.05, 4.69) is 4.74 Å². The summed E-state index contributed by atoms with van der Waals surface area (Å²) in [5, 5.41) is 0. The van der Waals surface area contributed by atoms with Gasteiger partial charge in [0.2, 0.25) is 0 Å². The molecule has 0 aromatic heterocycles. The summed E-state index contributed by atoms with van der Waals surface area (Å²) in [6.07, 6.45) is 0.268. The van der Waals surface area contributed by atoms with Crippen LogP contribution in [-0.2, 0) is 19.1 Å². The van der Waals surface area contributed by atoms with Crippen LogP contribution in [0.1, 0.15) is 13.3 Å². The molecule has 0 unspecified atom stereocenters. The molecular formula is C12H19NO4. The van der Waals surface area contributed by atoms with Gasteiger partial charge in [-0.3, -0.25) is 14.4 Å². The highest BCUT2D eigenvalue weighted by atomic mass is 16.5. The van der Waals surface area contributed by atoms with Crippen LogP contribution in [0, 0.1) is 17.8 Å². The minimum absolute atomic E-state index is 0.0728. The van der Waals surface area contributed by atoms with Crippen molar-refractivity contribution in [3.05, 3.63) is 0 Å². The molecule has 0 N–H and O–H groups in total. The SMILES string of the molecule is COC(=O)[C@H]1C(=O)[C@H](CN(C)C)C(=O)C[C@@H]1C. The van der Waals surface area contributed by atoms with Crippen LogP contribution in [0.25, 0.3) is 0 Å². The third-order valence-electron chi connectivity index (χ3n) is 3.13. The van der Waals surface area contributed by atoms with Crippen LogP contribution in [0.15, 0.2) is 0 Å². The maximum Gasteiger partial charge on any atom is 0.316 e. The first-order chi connectivity index (χ1) is 7.88. The summed E-state index contributed by atoms with van der Waals surface area (Å²) in [4.78, 5) is 37.3. The molecule has 1 fully saturated rings. The first kappa shape index (κ1) is 13.8. The van der Waals surface area contributed by atoms with E-state index in [0.717, 1.165) is 0 Å². The fourth-order valence-corrected chi connectivity index (χ4v) is 2.27. The molecule has 0 heterocycles. The van der Waals surface area contributed by atoms with E-state index >= 15 is 0 Å². The number of nitrogens with zero attached hydrogens (tertiary/aromatic N) is 1. The van der Waals surface area contributed by atoms with Crippen molar-refractivity contribution in [1.82, 2.24) is 4.90 Å². The lowest BCUT2D eigenvalue weighted by Gasteiger charge is -2.31. The van der Waals surface area contributed by atoms with Crippen molar-refractivity contribution in [2.75, 3.05) is 27.7 Å². The number of hydrogen-bond donors (Lipinski definition) is 0. The number of methoxy groups -OCH3 is 1. The van der Waals surface area contributed by atoms with E-state index in [4.69, 9.17) is 0 Å². The summed E-state index contributed by atoms with van der Waals surface area (Å²) >= 11 is 0. The van der Waals surface area contributed by atoms with Gasteiger partial charge in [-0.1, -0.05) is 6.92 Å². The first-order valence-electron chi connectivity index (χ1n) is 5.67. The molecule has 5 heteroatoms. The Morgan fingerprint density at radius 2 is 2.00 bits per heavy atom. The maximum atomic E-state index is 12.1. The van der Waals surface area contributed by atoms with Gasteiger partial charge in [-0.15, -0.1) is 0 Å². The third kappa shape index (κ3) is 2.91. The lowest BCUT2D eigenvalue weighted by Crippen LogP contribution is -2.47. The largest absolute Gasteiger partial charge is 0.468 e. The number of rotatable bonds is 3. The maximum absolute atomic E-state index is 12.1. The van der Waals surface area contributed by atoms with Crippen molar-refractivity contribution in [3.8, 4) is 0 Å². The molecule has 3 atom stereocenters. The third-order valence-corrected chi connectivity index (χ3v) is 3.13. The van der Waals surface area contributed by atoms with Crippen molar-refractivity contribution < 1.29 is 19.1 Å². The highest BCUT2D eigenvalue weighted by molar-refractivity contribution is 6.12. The normalized spacial score (nSPS) is 29.6. The number of ether oxygens (including phenoxy) is 1. The average Bonchev–Trinajstić information content (AvgIpc) is 2.23. The Kier molecular flexibility index (Phi) is 4.40. The van der Waals surface area contributed by atoms with Gasteiger partial charge < -0.3 is 9.64 Å². The molecule has 17 heavy (non-hydrogen) atoms.